The van der Waals surface area contributed by atoms with Gasteiger partial charge in [-0.15, -0.1) is 0 Å². The quantitative estimate of drug-likeness (QED) is 0.571. The van der Waals surface area contributed by atoms with E-state index in [1.165, 1.54) is 38.5 Å². The number of aliphatic hydroxyl groups excluding tert-OH is 1. The molecule has 0 aromatic rings. The highest BCUT2D eigenvalue weighted by atomic mass is 16.2. The van der Waals surface area contributed by atoms with Crippen LogP contribution in [0.25, 0.3) is 0 Å². The van der Waals surface area contributed by atoms with Gasteiger partial charge in [0.25, 0.3) is 0 Å². The van der Waals surface area contributed by atoms with Gasteiger partial charge in [-0.3, -0.25) is 0 Å². The zero-order chi connectivity index (χ0) is 12.6. The molecule has 17 heavy (non-hydrogen) atoms. The molecule has 0 unspecified atom stereocenters. The molecule has 0 spiro atoms. The van der Waals surface area contributed by atoms with E-state index >= 15 is 0 Å². The van der Waals surface area contributed by atoms with E-state index in [1.807, 2.05) is 0 Å². The van der Waals surface area contributed by atoms with Crippen LogP contribution < -0.4 is 11.1 Å². The Morgan fingerprint density at radius 3 is 2.53 bits per heavy atom. The second-order valence-corrected chi connectivity index (χ2v) is 5.57. The fourth-order valence-electron chi connectivity index (χ4n) is 2.97. The van der Waals surface area contributed by atoms with Crippen LogP contribution in [-0.4, -0.2) is 30.3 Å². The molecule has 1 saturated carbocycles. The Hall–Kier alpha value is -0.120. The molecule has 0 aromatic heterocycles. The smallest absolute Gasteiger partial charge is 0.0431 e. The summed E-state index contributed by atoms with van der Waals surface area (Å²) >= 11 is 0. The van der Waals surface area contributed by atoms with Gasteiger partial charge < -0.3 is 16.2 Å². The van der Waals surface area contributed by atoms with Crippen LogP contribution in [0.4, 0.5) is 0 Å². The molecule has 0 radical (unpaired) electrons. The van der Waals surface area contributed by atoms with E-state index < -0.39 is 0 Å². The maximum atomic E-state index is 8.77. The number of hydrogen-bond donors (Lipinski definition) is 3. The van der Waals surface area contributed by atoms with Crippen LogP contribution in [0.1, 0.15) is 58.3 Å². The summed E-state index contributed by atoms with van der Waals surface area (Å²) in [6.07, 6.45) is 9.76. The molecule has 1 rings (SSSR count). The molecule has 3 heteroatoms. The zero-order valence-corrected chi connectivity index (χ0v) is 11.4. The highest BCUT2D eigenvalue weighted by Gasteiger charge is 2.32. The summed E-state index contributed by atoms with van der Waals surface area (Å²) in [4.78, 5) is 0. The van der Waals surface area contributed by atoms with Crippen LogP contribution in [0.2, 0.25) is 0 Å². The Morgan fingerprint density at radius 2 is 2.00 bits per heavy atom. The molecule has 0 heterocycles. The largest absolute Gasteiger partial charge is 0.396 e. The van der Waals surface area contributed by atoms with Gasteiger partial charge in [-0.2, -0.15) is 0 Å². The maximum Gasteiger partial charge on any atom is 0.0431 e. The summed E-state index contributed by atoms with van der Waals surface area (Å²) in [6, 6.07) is 0. The molecule has 1 aliphatic rings. The highest BCUT2D eigenvalue weighted by Crippen LogP contribution is 2.33. The zero-order valence-electron chi connectivity index (χ0n) is 11.4. The predicted molar refractivity (Wildman–Crippen MR) is 73.0 cm³/mol. The second kappa shape index (κ2) is 8.06. The van der Waals surface area contributed by atoms with E-state index in [-0.39, 0.29) is 5.54 Å². The fourth-order valence-corrected chi connectivity index (χ4v) is 2.97. The lowest BCUT2D eigenvalue weighted by molar-refractivity contribution is 0.185. The lowest BCUT2D eigenvalue weighted by atomic mass is 9.75. The van der Waals surface area contributed by atoms with Crippen molar-refractivity contribution in [3.05, 3.63) is 0 Å². The van der Waals surface area contributed by atoms with Crippen LogP contribution in [0, 0.1) is 5.92 Å². The van der Waals surface area contributed by atoms with E-state index in [0.29, 0.717) is 6.61 Å². The SMILES string of the molecule is CCCC1CCC(CN)(NCCCCO)CC1. The van der Waals surface area contributed by atoms with Gasteiger partial charge in [0.2, 0.25) is 0 Å². The summed E-state index contributed by atoms with van der Waals surface area (Å²) in [6.45, 7) is 4.33. The van der Waals surface area contributed by atoms with Gasteiger partial charge in [0, 0.05) is 18.7 Å². The second-order valence-electron chi connectivity index (χ2n) is 5.57. The summed E-state index contributed by atoms with van der Waals surface area (Å²) in [5, 5.41) is 12.4. The molecule has 1 aliphatic carbocycles. The van der Waals surface area contributed by atoms with Crippen LogP contribution >= 0.6 is 0 Å². The molecular formula is C14H30N2O. The van der Waals surface area contributed by atoms with Crippen molar-refractivity contribution in [3.8, 4) is 0 Å². The number of unbranched alkanes of at least 4 members (excludes halogenated alkanes) is 1. The maximum absolute atomic E-state index is 8.77. The third-order valence-corrected chi connectivity index (χ3v) is 4.23. The van der Waals surface area contributed by atoms with Crippen LogP contribution in [0.3, 0.4) is 0 Å². The average molecular weight is 242 g/mol. The highest BCUT2D eigenvalue weighted by molar-refractivity contribution is 4.93. The van der Waals surface area contributed by atoms with Gasteiger partial charge in [0.05, 0.1) is 0 Å². The van der Waals surface area contributed by atoms with E-state index in [0.717, 1.165) is 31.8 Å². The Labute approximate surface area is 106 Å². The van der Waals surface area contributed by atoms with Crippen molar-refractivity contribution < 1.29 is 5.11 Å². The number of nitrogens with two attached hydrogens (primary N) is 1. The minimum Gasteiger partial charge on any atom is -0.396 e. The van der Waals surface area contributed by atoms with E-state index in [9.17, 15) is 0 Å². The number of hydrogen-bond acceptors (Lipinski definition) is 3. The Kier molecular flexibility index (Phi) is 7.09. The Balaban J connectivity index is 2.28. The van der Waals surface area contributed by atoms with Crippen LogP contribution in [0.15, 0.2) is 0 Å². The van der Waals surface area contributed by atoms with Gasteiger partial charge in [0.1, 0.15) is 0 Å². The molecule has 0 saturated heterocycles. The van der Waals surface area contributed by atoms with Crippen molar-refractivity contribution in [2.75, 3.05) is 19.7 Å². The minimum atomic E-state index is 0.194. The van der Waals surface area contributed by atoms with Gasteiger partial charge in [0.15, 0.2) is 0 Å². The van der Waals surface area contributed by atoms with Crippen molar-refractivity contribution in [1.29, 1.82) is 0 Å². The normalized spacial score (nSPS) is 29.5. The minimum absolute atomic E-state index is 0.194. The average Bonchev–Trinajstić information content (AvgIpc) is 2.37. The molecule has 3 nitrogen and oxygen atoms in total. The number of nitrogens with one attached hydrogen (secondary N) is 1. The topological polar surface area (TPSA) is 58.3 Å². The van der Waals surface area contributed by atoms with Crippen molar-refractivity contribution in [3.63, 3.8) is 0 Å². The monoisotopic (exact) mass is 242 g/mol. The molecule has 4 N–H and O–H groups in total. The first-order valence-corrected chi connectivity index (χ1v) is 7.32. The Bertz CT molecular complexity index is 183. The predicted octanol–water partition coefficient (Wildman–Crippen LogP) is 2.04. The fraction of sp³-hybridized carbons (Fsp3) is 1.00. The van der Waals surface area contributed by atoms with Gasteiger partial charge >= 0.3 is 0 Å². The third kappa shape index (κ3) is 4.94. The number of rotatable bonds is 8. The third-order valence-electron chi connectivity index (χ3n) is 4.23. The van der Waals surface area contributed by atoms with Gasteiger partial charge in [-0.1, -0.05) is 19.8 Å². The van der Waals surface area contributed by atoms with E-state index in [2.05, 4.69) is 12.2 Å². The van der Waals surface area contributed by atoms with Crippen molar-refractivity contribution >= 4 is 0 Å². The van der Waals surface area contributed by atoms with Crippen molar-refractivity contribution in [2.45, 2.75) is 63.8 Å². The Morgan fingerprint density at radius 1 is 1.29 bits per heavy atom. The first kappa shape index (κ1) is 14.9. The molecule has 102 valence electrons. The standard InChI is InChI=1S/C14H30N2O/c1-2-5-13-6-8-14(12-15,9-7-13)16-10-3-4-11-17/h13,16-17H,2-12,15H2,1H3. The van der Waals surface area contributed by atoms with Crippen LogP contribution in [0.5, 0.6) is 0 Å². The van der Waals surface area contributed by atoms with Crippen LogP contribution in [-0.2, 0) is 0 Å². The molecule has 1 fully saturated rings. The summed E-state index contributed by atoms with van der Waals surface area (Å²) in [5.74, 6) is 0.930. The first-order chi connectivity index (χ1) is 8.26. The van der Waals surface area contributed by atoms with Gasteiger partial charge in [-0.25, -0.2) is 0 Å². The molecular weight excluding hydrogens is 212 g/mol. The van der Waals surface area contributed by atoms with Crippen molar-refractivity contribution in [2.24, 2.45) is 11.7 Å². The number of aliphatic hydroxyl groups is 1. The molecule has 0 amide bonds. The summed E-state index contributed by atoms with van der Waals surface area (Å²) in [5.41, 5.74) is 6.15. The molecule has 0 aromatic carbocycles. The van der Waals surface area contributed by atoms with E-state index in [4.69, 9.17) is 10.8 Å². The molecule has 0 bridgehead atoms. The summed E-state index contributed by atoms with van der Waals surface area (Å²) < 4.78 is 0. The lowest BCUT2D eigenvalue weighted by Gasteiger charge is -2.40. The first-order valence-electron chi connectivity index (χ1n) is 7.32. The van der Waals surface area contributed by atoms with E-state index in [1.54, 1.807) is 0 Å². The summed E-state index contributed by atoms with van der Waals surface area (Å²) in [7, 11) is 0. The molecule has 0 aliphatic heterocycles. The molecule has 0 atom stereocenters. The van der Waals surface area contributed by atoms with Crippen molar-refractivity contribution in [1.82, 2.24) is 5.32 Å². The van der Waals surface area contributed by atoms with Gasteiger partial charge in [-0.05, 0) is 51.0 Å². The lowest BCUT2D eigenvalue weighted by Crippen LogP contribution is -2.53.